The average Bonchev–Trinajstić information content (AvgIpc) is 3.39. The molecule has 0 spiro atoms. The lowest BCUT2D eigenvalue weighted by Crippen LogP contribution is -2.39. The molecule has 1 atom stereocenters. The number of nitrogens with zero attached hydrogens (tertiary/aromatic N) is 4. The second-order valence-electron chi connectivity index (χ2n) is 8.03. The molecule has 2 aromatic heterocycles. The van der Waals surface area contributed by atoms with Crippen LogP contribution in [0.4, 0.5) is 28.7 Å². The first kappa shape index (κ1) is 19.4. The maximum atomic E-state index is 13.0. The Morgan fingerprint density at radius 1 is 1.23 bits per heavy atom. The van der Waals surface area contributed by atoms with Crippen LogP contribution in [0.1, 0.15) is 28.8 Å². The minimum absolute atomic E-state index is 0.166. The number of rotatable bonds is 2. The van der Waals surface area contributed by atoms with Gasteiger partial charge in [-0.05, 0) is 37.1 Å². The Bertz CT molecular complexity index is 1160. The summed E-state index contributed by atoms with van der Waals surface area (Å²) in [5.41, 5.74) is 10.8. The van der Waals surface area contributed by atoms with Gasteiger partial charge in [0, 0.05) is 39.3 Å². The molecule has 6 N–H and O–H groups in total. The highest BCUT2D eigenvalue weighted by molar-refractivity contribution is 6.00. The van der Waals surface area contributed by atoms with Crippen molar-refractivity contribution in [3.63, 3.8) is 0 Å². The van der Waals surface area contributed by atoms with Crippen molar-refractivity contribution in [2.45, 2.75) is 25.4 Å². The van der Waals surface area contributed by atoms with Gasteiger partial charge in [0.1, 0.15) is 17.2 Å². The average molecular weight is 422 g/mol. The molecule has 0 saturated carbocycles. The van der Waals surface area contributed by atoms with E-state index in [9.17, 15) is 4.79 Å². The summed E-state index contributed by atoms with van der Waals surface area (Å²) in [6.07, 6.45) is 3.74. The first-order valence-corrected chi connectivity index (χ1v) is 10.5. The van der Waals surface area contributed by atoms with Crippen LogP contribution in [-0.4, -0.2) is 58.6 Å². The van der Waals surface area contributed by atoms with E-state index in [0.717, 1.165) is 42.9 Å². The van der Waals surface area contributed by atoms with E-state index in [1.165, 1.54) is 0 Å². The zero-order chi connectivity index (χ0) is 21.5. The van der Waals surface area contributed by atoms with E-state index in [1.54, 1.807) is 17.8 Å². The van der Waals surface area contributed by atoms with Crippen LogP contribution in [0.3, 0.4) is 0 Å². The molecule has 2 aliphatic heterocycles. The maximum absolute atomic E-state index is 13.0. The van der Waals surface area contributed by atoms with Crippen LogP contribution in [-0.2, 0) is 6.54 Å². The first-order chi connectivity index (χ1) is 15.1. The van der Waals surface area contributed by atoms with Crippen LogP contribution in [0.15, 0.2) is 24.4 Å². The molecule has 1 aromatic carbocycles. The number of hydrogen-bond donors (Lipinski definition) is 5. The SMILES string of the molecule is CNc1cc2cc(c1N)Nc1cc(NC)n3ncc(c3n1)C(=O)NCC1CCCN1C2. The molecule has 1 fully saturated rings. The predicted octanol–water partition coefficient (Wildman–Crippen LogP) is 1.85. The standard InChI is InChI=1S/C21H27N9O/c1-23-15-6-12-7-16(19(15)22)27-17-8-18(24-2)30-20(28-17)14(10-26-30)21(31)25-9-13-4-3-5-29(13)11-12/h6-8,10,13,23-24H,3-5,9,11,22H2,1-2H3,(H,25,31)(H,27,28). The fourth-order valence-corrected chi connectivity index (χ4v) is 4.49. The third-order valence-electron chi connectivity index (χ3n) is 6.13. The second kappa shape index (κ2) is 7.62. The third kappa shape index (κ3) is 3.38. The number of anilines is 5. The summed E-state index contributed by atoms with van der Waals surface area (Å²) in [7, 11) is 3.68. The predicted molar refractivity (Wildman–Crippen MR) is 122 cm³/mol. The number of amides is 1. The van der Waals surface area contributed by atoms with E-state index < -0.39 is 0 Å². The lowest BCUT2D eigenvalue weighted by molar-refractivity contribution is 0.0941. The van der Waals surface area contributed by atoms with Gasteiger partial charge in [0.15, 0.2) is 5.65 Å². The van der Waals surface area contributed by atoms with Gasteiger partial charge in [0.05, 0.1) is 23.3 Å². The van der Waals surface area contributed by atoms with Crippen molar-refractivity contribution in [3.8, 4) is 0 Å². The lowest BCUT2D eigenvalue weighted by atomic mass is 10.1. The van der Waals surface area contributed by atoms with E-state index in [2.05, 4.69) is 48.4 Å². The largest absolute Gasteiger partial charge is 0.395 e. The van der Waals surface area contributed by atoms with Crippen molar-refractivity contribution >= 4 is 40.3 Å². The summed E-state index contributed by atoms with van der Waals surface area (Å²) in [4.78, 5) is 20.1. The molecular weight excluding hydrogens is 394 g/mol. The van der Waals surface area contributed by atoms with E-state index in [1.807, 2.05) is 13.1 Å². The first-order valence-electron chi connectivity index (χ1n) is 10.5. The van der Waals surface area contributed by atoms with Crippen LogP contribution in [0.5, 0.6) is 0 Å². The summed E-state index contributed by atoms with van der Waals surface area (Å²) in [6.45, 7) is 2.39. The molecule has 2 aliphatic rings. The van der Waals surface area contributed by atoms with Crippen molar-refractivity contribution in [3.05, 3.63) is 35.5 Å². The molecule has 10 nitrogen and oxygen atoms in total. The molecule has 1 saturated heterocycles. The topological polar surface area (TPSA) is 125 Å². The highest BCUT2D eigenvalue weighted by atomic mass is 16.1. The number of nitrogen functional groups attached to an aromatic ring is 1. The minimum Gasteiger partial charge on any atom is -0.395 e. The van der Waals surface area contributed by atoms with Gasteiger partial charge in [-0.1, -0.05) is 0 Å². The summed E-state index contributed by atoms with van der Waals surface area (Å²) in [6, 6.07) is 6.30. The van der Waals surface area contributed by atoms with Crippen molar-refractivity contribution in [2.75, 3.05) is 48.9 Å². The molecule has 1 unspecified atom stereocenters. The van der Waals surface area contributed by atoms with Gasteiger partial charge < -0.3 is 27.0 Å². The van der Waals surface area contributed by atoms with E-state index in [0.29, 0.717) is 35.1 Å². The summed E-state index contributed by atoms with van der Waals surface area (Å²) in [5.74, 6) is 1.12. The van der Waals surface area contributed by atoms with Gasteiger partial charge in [-0.3, -0.25) is 9.69 Å². The molecule has 31 heavy (non-hydrogen) atoms. The van der Waals surface area contributed by atoms with Crippen molar-refractivity contribution in [1.82, 2.24) is 24.8 Å². The molecule has 4 bridgehead atoms. The minimum atomic E-state index is -0.166. The van der Waals surface area contributed by atoms with Crippen molar-refractivity contribution in [2.24, 2.45) is 0 Å². The van der Waals surface area contributed by atoms with Crippen molar-refractivity contribution in [1.29, 1.82) is 0 Å². The second-order valence-corrected chi connectivity index (χ2v) is 8.03. The zero-order valence-corrected chi connectivity index (χ0v) is 17.7. The quantitative estimate of drug-likeness (QED) is 0.397. The smallest absolute Gasteiger partial charge is 0.256 e. The van der Waals surface area contributed by atoms with Crippen LogP contribution >= 0.6 is 0 Å². The van der Waals surface area contributed by atoms with Gasteiger partial charge in [0.25, 0.3) is 5.91 Å². The molecule has 0 radical (unpaired) electrons. The van der Waals surface area contributed by atoms with Crippen LogP contribution in [0.25, 0.3) is 5.65 Å². The Kier molecular flexibility index (Phi) is 4.78. The Labute approximate surface area is 180 Å². The Morgan fingerprint density at radius 2 is 2.10 bits per heavy atom. The van der Waals surface area contributed by atoms with Crippen LogP contribution in [0, 0.1) is 0 Å². The van der Waals surface area contributed by atoms with Gasteiger partial charge in [-0.2, -0.15) is 9.61 Å². The zero-order valence-electron chi connectivity index (χ0n) is 17.7. The van der Waals surface area contributed by atoms with Gasteiger partial charge in [-0.15, -0.1) is 0 Å². The highest BCUT2D eigenvalue weighted by Crippen LogP contribution is 2.33. The van der Waals surface area contributed by atoms with Crippen LogP contribution < -0.4 is 27.0 Å². The number of carbonyl (C=O) groups is 1. The summed E-state index contributed by atoms with van der Waals surface area (Å²) in [5, 5.41) is 17.1. The normalized spacial score (nSPS) is 18.9. The monoisotopic (exact) mass is 421 g/mol. The molecular formula is C21H27N9O. The Morgan fingerprint density at radius 3 is 2.90 bits per heavy atom. The number of hydrogen-bond acceptors (Lipinski definition) is 8. The fraction of sp³-hybridized carbons (Fsp3) is 0.381. The number of carbonyl (C=O) groups excluding carboxylic acids is 1. The van der Waals surface area contributed by atoms with Crippen LogP contribution in [0.2, 0.25) is 0 Å². The number of fused-ring (bicyclic) bond motifs is 4. The molecule has 1 amide bonds. The molecule has 3 aromatic rings. The number of aromatic nitrogens is 3. The van der Waals surface area contributed by atoms with Crippen molar-refractivity contribution < 1.29 is 4.79 Å². The van der Waals surface area contributed by atoms with E-state index in [-0.39, 0.29) is 11.9 Å². The molecule has 10 heteroatoms. The van der Waals surface area contributed by atoms with Gasteiger partial charge in [0.2, 0.25) is 0 Å². The number of nitrogens with one attached hydrogen (secondary N) is 4. The molecule has 5 rings (SSSR count). The van der Waals surface area contributed by atoms with Gasteiger partial charge >= 0.3 is 0 Å². The Hall–Kier alpha value is -3.53. The van der Waals surface area contributed by atoms with E-state index in [4.69, 9.17) is 5.73 Å². The van der Waals surface area contributed by atoms with Gasteiger partial charge in [-0.25, -0.2) is 4.98 Å². The Balaban J connectivity index is 1.68. The number of benzene rings is 1. The molecule has 0 aliphatic carbocycles. The molecule has 162 valence electrons. The third-order valence-corrected chi connectivity index (χ3v) is 6.13. The lowest BCUT2D eigenvalue weighted by Gasteiger charge is -2.26. The fourth-order valence-electron chi connectivity index (χ4n) is 4.49. The highest BCUT2D eigenvalue weighted by Gasteiger charge is 2.27. The maximum Gasteiger partial charge on any atom is 0.256 e. The summed E-state index contributed by atoms with van der Waals surface area (Å²) >= 11 is 0. The summed E-state index contributed by atoms with van der Waals surface area (Å²) < 4.78 is 1.63. The molecule has 4 heterocycles. The van der Waals surface area contributed by atoms with E-state index >= 15 is 0 Å². The number of nitrogens with two attached hydrogens (primary N) is 1.